The molecular formula is C16H30O3. The van der Waals surface area contributed by atoms with Crippen LogP contribution >= 0.6 is 0 Å². The van der Waals surface area contributed by atoms with Crippen LogP contribution in [0.15, 0.2) is 0 Å². The Bertz CT molecular complexity index is 227. The van der Waals surface area contributed by atoms with Gasteiger partial charge in [0.1, 0.15) is 0 Å². The lowest BCUT2D eigenvalue weighted by Gasteiger charge is -2.40. The molecule has 0 heterocycles. The molecule has 2 aliphatic carbocycles. The van der Waals surface area contributed by atoms with Gasteiger partial charge in [0.05, 0.1) is 0 Å². The molecule has 0 amide bonds. The average molecular weight is 270 g/mol. The molecule has 0 N–H and O–H groups in total. The minimum Gasteiger partial charge on any atom is -0.350 e. The van der Waals surface area contributed by atoms with Crippen molar-refractivity contribution in [3.8, 4) is 0 Å². The summed E-state index contributed by atoms with van der Waals surface area (Å²) in [4.78, 5) is 0. The molecule has 0 spiro atoms. The van der Waals surface area contributed by atoms with E-state index >= 15 is 0 Å². The maximum Gasteiger partial charge on any atom is 0.171 e. The molecule has 0 radical (unpaired) electrons. The van der Waals surface area contributed by atoms with Crippen molar-refractivity contribution < 1.29 is 14.2 Å². The summed E-state index contributed by atoms with van der Waals surface area (Å²) >= 11 is 0. The lowest BCUT2D eigenvalue weighted by atomic mass is 10.1. The fraction of sp³-hybridized carbons (Fsp3) is 1.00. The normalized spacial score (nSPS) is 24.9. The van der Waals surface area contributed by atoms with Gasteiger partial charge in [-0.15, -0.1) is 0 Å². The third-order valence-corrected chi connectivity index (χ3v) is 4.24. The van der Waals surface area contributed by atoms with E-state index in [2.05, 4.69) is 13.8 Å². The highest BCUT2D eigenvalue weighted by Crippen LogP contribution is 2.44. The molecule has 0 atom stereocenters. The fourth-order valence-electron chi connectivity index (χ4n) is 3.29. The smallest absolute Gasteiger partial charge is 0.171 e. The van der Waals surface area contributed by atoms with Gasteiger partial charge in [0.25, 0.3) is 0 Å². The van der Waals surface area contributed by atoms with Gasteiger partial charge in [-0.3, -0.25) is 0 Å². The van der Waals surface area contributed by atoms with Gasteiger partial charge < -0.3 is 14.2 Å². The number of rotatable bonds is 8. The molecule has 3 nitrogen and oxygen atoms in total. The van der Waals surface area contributed by atoms with Crippen LogP contribution in [0, 0.1) is 0 Å². The maximum absolute atomic E-state index is 6.51. The molecule has 0 bridgehead atoms. The Kier molecular flexibility index (Phi) is 5.67. The zero-order valence-electron chi connectivity index (χ0n) is 12.7. The fourth-order valence-corrected chi connectivity index (χ4v) is 3.29. The van der Waals surface area contributed by atoms with Gasteiger partial charge in [0.15, 0.2) is 11.6 Å². The van der Waals surface area contributed by atoms with Gasteiger partial charge in [-0.1, -0.05) is 13.8 Å². The van der Waals surface area contributed by atoms with Crippen molar-refractivity contribution in [3.63, 3.8) is 0 Å². The second kappa shape index (κ2) is 7.05. The second-order valence-corrected chi connectivity index (χ2v) is 6.03. The van der Waals surface area contributed by atoms with Crippen LogP contribution < -0.4 is 0 Å². The Balaban J connectivity index is 2.00. The summed E-state index contributed by atoms with van der Waals surface area (Å²) in [6.45, 7) is 5.90. The van der Waals surface area contributed by atoms with Gasteiger partial charge >= 0.3 is 0 Å². The first-order valence-corrected chi connectivity index (χ1v) is 8.22. The Labute approximate surface area is 118 Å². The number of hydrogen-bond donors (Lipinski definition) is 0. The number of ether oxygens (including phenoxy) is 3. The molecule has 0 aromatic rings. The quantitative estimate of drug-likeness (QED) is 0.612. The van der Waals surface area contributed by atoms with Crippen LogP contribution in [-0.2, 0) is 14.2 Å². The van der Waals surface area contributed by atoms with Crippen molar-refractivity contribution in [3.05, 3.63) is 0 Å². The predicted octanol–water partition coefficient (Wildman–Crippen LogP) is 4.40. The third kappa shape index (κ3) is 3.93. The topological polar surface area (TPSA) is 27.7 Å². The molecule has 0 aromatic carbocycles. The van der Waals surface area contributed by atoms with Gasteiger partial charge in [-0.05, 0) is 38.5 Å². The Hall–Kier alpha value is -0.120. The van der Waals surface area contributed by atoms with E-state index in [9.17, 15) is 0 Å². The first-order valence-electron chi connectivity index (χ1n) is 8.22. The molecule has 2 saturated carbocycles. The molecule has 2 aliphatic rings. The minimum absolute atomic E-state index is 0.353. The van der Waals surface area contributed by atoms with E-state index in [1.54, 1.807) is 0 Å². The molecule has 0 aliphatic heterocycles. The van der Waals surface area contributed by atoms with Crippen LogP contribution in [0.3, 0.4) is 0 Å². The third-order valence-electron chi connectivity index (χ3n) is 4.24. The summed E-state index contributed by atoms with van der Waals surface area (Å²) in [6.07, 6.45) is 11.1. The average Bonchev–Trinajstić information content (AvgIpc) is 3.05. The van der Waals surface area contributed by atoms with E-state index in [1.807, 2.05) is 0 Å². The first kappa shape index (κ1) is 15.3. The summed E-state index contributed by atoms with van der Waals surface area (Å²) in [6, 6.07) is 0. The van der Waals surface area contributed by atoms with E-state index in [0.29, 0.717) is 0 Å². The Morgan fingerprint density at radius 2 is 1.05 bits per heavy atom. The first-order chi connectivity index (χ1) is 9.24. The van der Waals surface area contributed by atoms with E-state index in [0.717, 1.165) is 51.7 Å². The lowest BCUT2D eigenvalue weighted by molar-refractivity contribution is -0.355. The van der Waals surface area contributed by atoms with E-state index in [-0.39, 0.29) is 11.6 Å². The van der Waals surface area contributed by atoms with Gasteiger partial charge in [0.2, 0.25) is 0 Å². The molecule has 19 heavy (non-hydrogen) atoms. The van der Waals surface area contributed by atoms with Gasteiger partial charge in [-0.25, -0.2) is 0 Å². The highest BCUT2D eigenvalue weighted by atomic mass is 16.8. The van der Waals surface area contributed by atoms with Crippen LogP contribution in [0.4, 0.5) is 0 Å². The SMILES string of the molecule is CCCOC1(OC2(OCCC)CCCC2)CCCC1. The van der Waals surface area contributed by atoms with Crippen LogP contribution in [-0.4, -0.2) is 24.8 Å². The summed E-state index contributed by atoms with van der Waals surface area (Å²) < 4.78 is 18.7. The molecule has 0 aromatic heterocycles. The minimum atomic E-state index is -0.353. The monoisotopic (exact) mass is 270 g/mol. The molecule has 0 saturated heterocycles. The van der Waals surface area contributed by atoms with Crippen molar-refractivity contribution in [2.24, 2.45) is 0 Å². The van der Waals surface area contributed by atoms with E-state index in [1.165, 1.54) is 25.7 Å². The standard InChI is InChI=1S/C16H30O3/c1-3-13-17-15(9-5-6-10-15)19-16(18-14-4-2)11-7-8-12-16/h3-14H2,1-2H3. The highest BCUT2D eigenvalue weighted by molar-refractivity contribution is 4.85. The molecular weight excluding hydrogens is 240 g/mol. The van der Waals surface area contributed by atoms with Crippen LogP contribution in [0.2, 0.25) is 0 Å². The van der Waals surface area contributed by atoms with Crippen LogP contribution in [0.1, 0.15) is 78.1 Å². The highest BCUT2D eigenvalue weighted by Gasteiger charge is 2.46. The van der Waals surface area contributed by atoms with Crippen molar-refractivity contribution in [2.75, 3.05) is 13.2 Å². The summed E-state index contributed by atoms with van der Waals surface area (Å²) in [5, 5.41) is 0. The van der Waals surface area contributed by atoms with Crippen LogP contribution in [0.5, 0.6) is 0 Å². The van der Waals surface area contributed by atoms with Gasteiger partial charge in [0, 0.05) is 38.9 Å². The summed E-state index contributed by atoms with van der Waals surface area (Å²) in [5.74, 6) is -0.706. The zero-order valence-corrected chi connectivity index (χ0v) is 12.7. The maximum atomic E-state index is 6.51. The van der Waals surface area contributed by atoms with Gasteiger partial charge in [-0.2, -0.15) is 0 Å². The van der Waals surface area contributed by atoms with E-state index < -0.39 is 0 Å². The Morgan fingerprint density at radius 1 is 0.684 bits per heavy atom. The van der Waals surface area contributed by atoms with Crippen LogP contribution in [0.25, 0.3) is 0 Å². The summed E-state index contributed by atoms with van der Waals surface area (Å²) in [7, 11) is 0. The number of hydrogen-bond acceptors (Lipinski definition) is 3. The molecule has 3 heteroatoms. The molecule has 112 valence electrons. The molecule has 2 fully saturated rings. The van der Waals surface area contributed by atoms with Crippen molar-refractivity contribution in [1.82, 2.24) is 0 Å². The van der Waals surface area contributed by atoms with Crippen molar-refractivity contribution in [2.45, 2.75) is 89.6 Å². The largest absolute Gasteiger partial charge is 0.350 e. The molecule has 2 rings (SSSR count). The zero-order chi connectivity index (χ0) is 13.6. The predicted molar refractivity (Wildman–Crippen MR) is 76.0 cm³/mol. The lowest BCUT2D eigenvalue weighted by Crippen LogP contribution is -2.45. The second-order valence-electron chi connectivity index (χ2n) is 6.03. The van der Waals surface area contributed by atoms with E-state index in [4.69, 9.17) is 14.2 Å². The van der Waals surface area contributed by atoms with Crippen molar-refractivity contribution in [1.29, 1.82) is 0 Å². The molecule has 0 unspecified atom stereocenters. The van der Waals surface area contributed by atoms with Crippen molar-refractivity contribution >= 4 is 0 Å². The Morgan fingerprint density at radius 3 is 1.37 bits per heavy atom. The summed E-state index contributed by atoms with van der Waals surface area (Å²) in [5.41, 5.74) is 0.